The van der Waals surface area contributed by atoms with Crippen molar-refractivity contribution in [3.8, 4) is 0 Å². The quantitative estimate of drug-likeness (QED) is 0.527. The number of pyridine rings is 1. The van der Waals surface area contributed by atoms with Crippen LogP contribution in [0.15, 0.2) is 41.3 Å². The van der Waals surface area contributed by atoms with Crippen LogP contribution in [0.2, 0.25) is 10.0 Å². The highest BCUT2D eigenvalue weighted by Gasteiger charge is 2.42. The molecule has 28 heavy (non-hydrogen) atoms. The van der Waals surface area contributed by atoms with Crippen LogP contribution < -0.4 is 5.32 Å². The predicted octanol–water partition coefficient (Wildman–Crippen LogP) is 5.34. The van der Waals surface area contributed by atoms with Crippen molar-refractivity contribution in [1.29, 1.82) is 0 Å². The van der Waals surface area contributed by atoms with Gasteiger partial charge in [-0.3, -0.25) is 0 Å². The molecule has 1 aliphatic rings. The maximum Gasteiger partial charge on any atom is 0.356 e. The lowest BCUT2D eigenvalue weighted by Crippen LogP contribution is -2.38. The number of carbonyl (C=O) groups is 1. The first kappa shape index (κ1) is 19.2. The summed E-state index contributed by atoms with van der Waals surface area (Å²) in [6, 6.07) is 8.44. The van der Waals surface area contributed by atoms with Gasteiger partial charge in [0.15, 0.2) is 10.4 Å². The average molecular weight is 482 g/mol. The number of nitrogens with zero attached hydrogens (tertiary/aromatic N) is 3. The normalized spacial score (nSPS) is 17.0. The van der Waals surface area contributed by atoms with Crippen LogP contribution in [0, 0.1) is 0 Å². The molecule has 2 aromatic heterocycles. The number of halogens is 3. The van der Waals surface area contributed by atoms with E-state index >= 15 is 0 Å². The Labute approximate surface area is 179 Å². The van der Waals surface area contributed by atoms with Crippen molar-refractivity contribution in [2.24, 2.45) is 0 Å². The minimum Gasteiger partial charge on any atom is -0.476 e. The second kappa shape index (κ2) is 6.76. The van der Waals surface area contributed by atoms with Gasteiger partial charge in [-0.15, -0.1) is 0 Å². The molecule has 0 saturated carbocycles. The molecule has 1 unspecified atom stereocenters. The van der Waals surface area contributed by atoms with E-state index in [1.165, 1.54) is 0 Å². The second-order valence-corrected chi connectivity index (χ2v) is 8.56. The number of aromatic carboxylic acids is 1. The number of aromatic nitrogens is 3. The highest BCUT2D eigenvalue weighted by molar-refractivity contribution is 9.10. The lowest BCUT2D eigenvalue weighted by molar-refractivity contribution is 0.0689. The van der Waals surface area contributed by atoms with Crippen LogP contribution in [-0.4, -0.2) is 25.6 Å². The topological polar surface area (TPSA) is 80.0 Å². The number of imidazole rings is 1. The van der Waals surface area contributed by atoms with Crippen molar-refractivity contribution in [3.63, 3.8) is 0 Å². The number of rotatable bonds is 3. The van der Waals surface area contributed by atoms with Gasteiger partial charge >= 0.3 is 5.97 Å². The lowest BCUT2D eigenvalue weighted by Gasteiger charge is -2.40. The Bertz CT molecular complexity index is 1110. The summed E-state index contributed by atoms with van der Waals surface area (Å²) in [5, 5.41) is 14.2. The summed E-state index contributed by atoms with van der Waals surface area (Å²) in [6.45, 7) is 4.00. The molecule has 6 nitrogen and oxygen atoms in total. The van der Waals surface area contributed by atoms with Crippen LogP contribution in [0.5, 0.6) is 0 Å². The fourth-order valence-corrected chi connectivity index (χ4v) is 4.86. The molecular formula is C19H15BrCl2N4O2. The molecule has 1 atom stereocenters. The van der Waals surface area contributed by atoms with Crippen molar-refractivity contribution < 1.29 is 9.90 Å². The summed E-state index contributed by atoms with van der Waals surface area (Å²) < 4.78 is 2.30. The van der Waals surface area contributed by atoms with Gasteiger partial charge < -0.3 is 15.0 Å². The van der Waals surface area contributed by atoms with E-state index in [0.29, 0.717) is 26.3 Å². The first-order valence-electron chi connectivity index (χ1n) is 8.40. The van der Waals surface area contributed by atoms with E-state index in [1.54, 1.807) is 24.4 Å². The average Bonchev–Trinajstić information content (AvgIpc) is 2.98. The van der Waals surface area contributed by atoms with E-state index in [0.717, 1.165) is 11.1 Å². The number of nitrogens with one attached hydrogen (secondary N) is 1. The van der Waals surface area contributed by atoms with E-state index < -0.39 is 17.6 Å². The molecule has 144 valence electrons. The monoisotopic (exact) mass is 480 g/mol. The van der Waals surface area contributed by atoms with Gasteiger partial charge in [0.05, 0.1) is 17.3 Å². The Hall–Kier alpha value is -2.09. The van der Waals surface area contributed by atoms with E-state index in [2.05, 4.69) is 31.2 Å². The molecule has 4 rings (SSSR count). The van der Waals surface area contributed by atoms with E-state index in [-0.39, 0.29) is 5.69 Å². The van der Waals surface area contributed by atoms with Gasteiger partial charge in [-0.1, -0.05) is 29.3 Å². The van der Waals surface area contributed by atoms with Crippen LogP contribution in [-0.2, 0) is 5.54 Å². The van der Waals surface area contributed by atoms with Crippen LogP contribution in [0.4, 0.5) is 5.82 Å². The van der Waals surface area contributed by atoms with Gasteiger partial charge in [-0.25, -0.2) is 14.8 Å². The number of carboxylic acid groups (broad SMARTS) is 1. The van der Waals surface area contributed by atoms with Crippen LogP contribution in [0.1, 0.15) is 47.2 Å². The Morgan fingerprint density at radius 2 is 1.96 bits per heavy atom. The van der Waals surface area contributed by atoms with Crippen LogP contribution in [0.3, 0.4) is 0 Å². The molecule has 0 saturated heterocycles. The highest BCUT2D eigenvalue weighted by atomic mass is 79.9. The molecule has 0 fully saturated rings. The van der Waals surface area contributed by atoms with E-state index in [9.17, 15) is 9.90 Å². The first-order valence-corrected chi connectivity index (χ1v) is 9.95. The molecule has 0 radical (unpaired) electrons. The third-order valence-electron chi connectivity index (χ3n) is 4.91. The van der Waals surface area contributed by atoms with Crippen LogP contribution in [0.25, 0.3) is 0 Å². The van der Waals surface area contributed by atoms with Gasteiger partial charge in [0, 0.05) is 16.2 Å². The van der Waals surface area contributed by atoms with Crippen molar-refractivity contribution in [2.45, 2.75) is 25.4 Å². The summed E-state index contributed by atoms with van der Waals surface area (Å²) in [6.07, 6.45) is 1.59. The molecule has 0 aliphatic carbocycles. The molecule has 3 heterocycles. The third kappa shape index (κ3) is 2.98. The van der Waals surface area contributed by atoms with Gasteiger partial charge in [0.25, 0.3) is 0 Å². The molecule has 1 aliphatic heterocycles. The highest BCUT2D eigenvalue weighted by Crippen LogP contribution is 2.46. The number of carboxylic acids is 1. The molecule has 0 amide bonds. The van der Waals surface area contributed by atoms with Crippen molar-refractivity contribution >= 4 is 50.9 Å². The number of fused-ring (bicyclic) bond motifs is 2. The summed E-state index contributed by atoms with van der Waals surface area (Å²) in [7, 11) is 0. The molecule has 1 aromatic carbocycles. The van der Waals surface area contributed by atoms with Crippen molar-refractivity contribution in [2.75, 3.05) is 5.32 Å². The van der Waals surface area contributed by atoms with Gasteiger partial charge in [0.1, 0.15) is 5.82 Å². The largest absolute Gasteiger partial charge is 0.476 e. The van der Waals surface area contributed by atoms with Gasteiger partial charge in [-0.2, -0.15) is 0 Å². The standard InChI is InChI=1S/C19H15BrCl2N4O2/c1-19(2)12-7-9(21)3-4-11(12)14(24-13-8-10(22)5-6-23-13)16-15(17(27)28)25-18(20)26(16)19/h3-8,14H,1-2H3,(H,23,24)(H,27,28). The van der Waals surface area contributed by atoms with Gasteiger partial charge in [-0.05, 0) is 65.2 Å². The maximum atomic E-state index is 11.9. The van der Waals surface area contributed by atoms with E-state index in [1.807, 2.05) is 30.5 Å². The summed E-state index contributed by atoms with van der Waals surface area (Å²) in [5.74, 6) is -0.577. The number of benzene rings is 1. The summed E-state index contributed by atoms with van der Waals surface area (Å²) >= 11 is 15.8. The summed E-state index contributed by atoms with van der Waals surface area (Å²) in [4.78, 5) is 20.5. The van der Waals surface area contributed by atoms with E-state index in [4.69, 9.17) is 23.2 Å². The van der Waals surface area contributed by atoms with Crippen LogP contribution >= 0.6 is 39.1 Å². The summed E-state index contributed by atoms with van der Waals surface area (Å²) in [5.41, 5.74) is 1.79. The second-order valence-electron chi connectivity index (χ2n) is 6.98. The molecule has 0 bridgehead atoms. The maximum absolute atomic E-state index is 11.9. The zero-order chi connectivity index (χ0) is 20.2. The third-order valence-corrected chi connectivity index (χ3v) is 5.91. The Balaban J connectivity index is 1.99. The Morgan fingerprint density at radius 1 is 1.25 bits per heavy atom. The predicted molar refractivity (Wildman–Crippen MR) is 111 cm³/mol. The molecule has 9 heteroatoms. The van der Waals surface area contributed by atoms with Crippen molar-refractivity contribution in [3.05, 3.63) is 73.8 Å². The molecule has 3 aromatic rings. The fourth-order valence-electron chi connectivity index (χ4n) is 3.72. The zero-order valence-corrected chi connectivity index (χ0v) is 18.0. The Kier molecular flexibility index (Phi) is 4.64. The number of hydrogen-bond donors (Lipinski definition) is 2. The Morgan fingerprint density at radius 3 is 2.64 bits per heavy atom. The number of anilines is 1. The smallest absolute Gasteiger partial charge is 0.356 e. The fraction of sp³-hybridized carbons (Fsp3) is 0.211. The first-order chi connectivity index (χ1) is 13.2. The zero-order valence-electron chi connectivity index (χ0n) is 14.9. The molecular weight excluding hydrogens is 467 g/mol. The van der Waals surface area contributed by atoms with Gasteiger partial charge in [0.2, 0.25) is 0 Å². The minimum atomic E-state index is -1.10. The van der Waals surface area contributed by atoms with Crippen molar-refractivity contribution in [1.82, 2.24) is 14.5 Å². The SMILES string of the molecule is CC1(C)c2cc(Cl)ccc2C(Nc2cc(Cl)ccn2)c2c(C(=O)O)nc(Br)n21. The molecule has 2 N–H and O–H groups in total. The number of hydrogen-bond acceptors (Lipinski definition) is 4. The molecule has 0 spiro atoms. The minimum absolute atomic E-state index is 0.0277. The lowest BCUT2D eigenvalue weighted by atomic mass is 9.81.